The molecule has 3 rings (SSSR count). The molecule has 0 radical (unpaired) electrons. The SMILES string of the molecule is CC(C)C1(C(=O)O)CCN(C(=O)Cn2ccc3cc([N+](=O)[O-])ccc32)C1. The lowest BCUT2D eigenvalue weighted by Gasteiger charge is -2.28. The van der Waals surface area contributed by atoms with Crippen LogP contribution in [0.1, 0.15) is 20.3 Å². The first-order valence-corrected chi connectivity index (χ1v) is 8.49. The summed E-state index contributed by atoms with van der Waals surface area (Å²) in [6, 6.07) is 6.24. The standard InChI is InChI=1S/C18H21N3O5/c1-12(2)18(17(23)24)6-8-20(11-18)16(22)10-19-7-5-13-9-14(21(25)26)3-4-15(13)19/h3-5,7,9,12H,6,8,10-11H2,1-2H3,(H,23,24). The Hall–Kier alpha value is -2.90. The summed E-state index contributed by atoms with van der Waals surface area (Å²) in [6.07, 6.45) is 2.17. The van der Waals surface area contributed by atoms with Gasteiger partial charge in [-0.05, 0) is 24.5 Å². The number of aliphatic carboxylic acids is 1. The van der Waals surface area contributed by atoms with Gasteiger partial charge in [-0.1, -0.05) is 13.8 Å². The molecule has 1 amide bonds. The number of fused-ring (bicyclic) bond motifs is 1. The number of nitro groups is 1. The first kappa shape index (κ1) is 17.9. The molecule has 1 unspecified atom stereocenters. The highest BCUT2D eigenvalue weighted by Gasteiger charge is 2.48. The van der Waals surface area contributed by atoms with Crippen molar-refractivity contribution in [3.63, 3.8) is 0 Å². The third kappa shape index (κ3) is 2.91. The Morgan fingerprint density at radius 1 is 1.35 bits per heavy atom. The van der Waals surface area contributed by atoms with E-state index in [-0.39, 0.29) is 30.6 Å². The maximum atomic E-state index is 12.7. The van der Waals surface area contributed by atoms with Gasteiger partial charge in [-0.2, -0.15) is 0 Å². The van der Waals surface area contributed by atoms with E-state index in [9.17, 15) is 24.8 Å². The maximum Gasteiger partial charge on any atom is 0.311 e. The third-order valence-electron chi connectivity index (χ3n) is 5.46. The fraction of sp³-hybridized carbons (Fsp3) is 0.444. The molecule has 0 saturated carbocycles. The summed E-state index contributed by atoms with van der Waals surface area (Å²) in [7, 11) is 0. The highest BCUT2D eigenvalue weighted by molar-refractivity contribution is 5.85. The summed E-state index contributed by atoms with van der Waals surface area (Å²) in [5.41, 5.74) is -0.157. The number of nitro benzene ring substituents is 1. The summed E-state index contributed by atoms with van der Waals surface area (Å²) in [6.45, 7) is 4.45. The van der Waals surface area contributed by atoms with Crippen LogP contribution in [-0.4, -0.2) is 44.5 Å². The highest BCUT2D eigenvalue weighted by Crippen LogP contribution is 2.38. The van der Waals surface area contributed by atoms with E-state index >= 15 is 0 Å². The summed E-state index contributed by atoms with van der Waals surface area (Å²) >= 11 is 0. The predicted molar refractivity (Wildman–Crippen MR) is 94.7 cm³/mol. The van der Waals surface area contributed by atoms with E-state index < -0.39 is 16.3 Å². The normalized spacial score (nSPS) is 20.0. The molecule has 0 spiro atoms. The van der Waals surface area contributed by atoms with Crippen LogP contribution in [0.5, 0.6) is 0 Å². The van der Waals surface area contributed by atoms with Crippen LogP contribution in [-0.2, 0) is 16.1 Å². The number of carboxylic acids is 1. The van der Waals surface area contributed by atoms with Gasteiger partial charge in [-0.25, -0.2) is 0 Å². The molecule has 2 aromatic rings. The zero-order valence-corrected chi connectivity index (χ0v) is 14.7. The van der Waals surface area contributed by atoms with Crippen molar-refractivity contribution in [2.45, 2.75) is 26.8 Å². The molecule has 1 saturated heterocycles. The van der Waals surface area contributed by atoms with Crippen LogP contribution in [0.25, 0.3) is 10.9 Å². The van der Waals surface area contributed by atoms with E-state index in [0.717, 1.165) is 5.52 Å². The van der Waals surface area contributed by atoms with E-state index in [1.165, 1.54) is 12.1 Å². The van der Waals surface area contributed by atoms with Crippen LogP contribution in [0.4, 0.5) is 5.69 Å². The second kappa shape index (κ2) is 6.44. The third-order valence-corrected chi connectivity index (χ3v) is 5.46. The van der Waals surface area contributed by atoms with E-state index in [2.05, 4.69) is 0 Å². The Labute approximate surface area is 150 Å². The second-order valence-corrected chi connectivity index (χ2v) is 7.13. The Kier molecular flexibility index (Phi) is 4.43. The first-order valence-electron chi connectivity index (χ1n) is 8.49. The number of hydrogen-bond acceptors (Lipinski definition) is 4. The first-order chi connectivity index (χ1) is 12.2. The number of non-ortho nitro benzene ring substituents is 1. The van der Waals surface area contributed by atoms with Gasteiger partial charge in [-0.15, -0.1) is 0 Å². The molecule has 8 nitrogen and oxygen atoms in total. The molecular formula is C18H21N3O5. The number of benzene rings is 1. The fourth-order valence-electron chi connectivity index (χ4n) is 3.62. The van der Waals surface area contributed by atoms with E-state index in [1.807, 2.05) is 13.8 Å². The predicted octanol–water partition coefficient (Wildman–Crippen LogP) is 2.51. The number of carbonyl (C=O) groups excluding carboxylic acids is 1. The Morgan fingerprint density at radius 2 is 2.08 bits per heavy atom. The highest BCUT2D eigenvalue weighted by atomic mass is 16.6. The lowest BCUT2D eigenvalue weighted by Crippen LogP contribution is -2.41. The fourth-order valence-corrected chi connectivity index (χ4v) is 3.62. The van der Waals surface area contributed by atoms with Crippen molar-refractivity contribution >= 4 is 28.5 Å². The molecule has 8 heteroatoms. The van der Waals surface area contributed by atoms with Crippen LogP contribution in [0.3, 0.4) is 0 Å². The van der Waals surface area contributed by atoms with Gasteiger partial charge in [0.15, 0.2) is 0 Å². The number of nitrogens with zero attached hydrogens (tertiary/aromatic N) is 3. The van der Waals surface area contributed by atoms with Gasteiger partial charge in [0.25, 0.3) is 5.69 Å². The molecule has 2 heterocycles. The van der Waals surface area contributed by atoms with Gasteiger partial charge in [-0.3, -0.25) is 19.7 Å². The van der Waals surface area contributed by atoms with Gasteiger partial charge in [0.2, 0.25) is 5.91 Å². The van der Waals surface area contributed by atoms with Crippen molar-refractivity contribution in [3.8, 4) is 0 Å². The number of carbonyl (C=O) groups is 2. The topological polar surface area (TPSA) is 106 Å². The Balaban J connectivity index is 1.78. The minimum absolute atomic E-state index is 0.00398. The monoisotopic (exact) mass is 359 g/mol. The van der Waals surface area contributed by atoms with Gasteiger partial charge in [0.1, 0.15) is 6.54 Å². The van der Waals surface area contributed by atoms with Crippen LogP contribution in [0, 0.1) is 21.4 Å². The Bertz CT molecular complexity index is 888. The molecule has 138 valence electrons. The quantitative estimate of drug-likeness (QED) is 0.652. The summed E-state index contributed by atoms with van der Waals surface area (Å²) in [5.74, 6) is -1.07. The van der Waals surface area contributed by atoms with Crippen LogP contribution in [0.2, 0.25) is 0 Å². The number of amides is 1. The van der Waals surface area contributed by atoms with Crippen molar-refractivity contribution in [3.05, 3.63) is 40.6 Å². The number of rotatable bonds is 5. The molecule has 1 aromatic carbocycles. The average Bonchev–Trinajstić information content (AvgIpc) is 3.20. The number of hydrogen-bond donors (Lipinski definition) is 1. The van der Waals surface area contributed by atoms with Crippen LogP contribution < -0.4 is 0 Å². The molecule has 1 fully saturated rings. The van der Waals surface area contributed by atoms with Gasteiger partial charge in [0, 0.05) is 42.3 Å². The molecule has 1 aliphatic rings. The second-order valence-electron chi connectivity index (χ2n) is 7.13. The van der Waals surface area contributed by atoms with Crippen molar-refractivity contribution in [2.75, 3.05) is 13.1 Å². The molecule has 1 aliphatic heterocycles. The van der Waals surface area contributed by atoms with Gasteiger partial charge >= 0.3 is 5.97 Å². The minimum atomic E-state index is -0.894. The van der Waals surface area contributed by atoms with Crippen LogP contribution >= 0.6 is 0 Å². The molecule has 1 aromatic heterocycles. The average molecular weight is 359 g/mol. The summed E-state index contributed by atoms with van der Waals surface area (Å²) in [4.78, 5) is 36.4. The van der Waals surface area contributed by atoms with E-state index in [1.54, 1.807) is 27.8 Å². The zero-order chi connectivity index (χ0) is 19.1. The lowest BCUT2D eigenvalue weighted by molar-refractivity contribution is -0.384. The number of aromatic nitrogens is 1. The van der Waals surface area contributed by atoms with Crippen LogP contribution in [0.15, 0.2) is 30.5 Å². The molecular weight excluding hydrogens is 338 g/mol. The molecule has 26 heavy (non-hydrogen) atoms. The van der Waals surface area contributed by atoms with Gasteiger partial charge in [0.05, 0.1) is 10.3 Å². The zero-order valence-electron chi connectivity index (χ0n) is 14.7. The van der Waals surface area contributed by atoms with E-state index in [4.69, 9.17) is 0 Å². The van der Waals surface area contributed by atoms with E-state index in [0.29, 0.717) is 18.4 Å². The number of carboxylic acid groups (broad SMARTS) is 1. The van der Waals surface area contributed by atoms with Crippen molar-refractivity contribution in [1.82, 2.24) is 9.47 Å². The summed E-state index contributed by atoms with van der Waals surface area (Å²) < 4.78 is 1.73. The molecule has 1 atom stereocenters. The number of likely N-dealkylation sites (tertiary alicyclic amines) is 1. The van der Waals surface area contributed by atoms with Crippen molar-refractivity contribution < 1.29 is 19.6 Å². The smallest absolute Gasteiger partial charge is 0.311 e. The molecule has 0 aliphatic carbocycles. The summed E-state index contributed by atoms with van der Waals surface area (Å²) in [5, 5.41) is 21.2. The largest absolute Gasteiger partial charge is 0.481 e. The van der Waals surface area contributed by atoms with Crippen molar-refractivity contribution in [2.24, 2.45) is 11.3 Å². The van der Waals surface area contributed by atoms with Gasteiger partial charge < -0.3 is 14.6 Å². The Morgan fingerprint density at radius 3 is 2.65 bits per heavy atom. The lowest BCUT2D eigenvalue weighted by atomic mass is 9.76. The molecule has 1 N–H and O–H groups in total. The minimum Gasteiger partial charge on any atom is -0.481 e. The maximum absolute atomic E-state index is 12.7. The molecule has 0 bridgehead atoms. The van der Waals surface area contributed by atoms with Crippen molar-refractivity contribution in [1.29, 1.82) is 0 Å².